The van der Waals surface area contributed by atoms with E-state index < -0.39 is 0 Å². The molecule has 0 spiro atoms. The molecular weight excluding hydrogens is 256 g/mol. The Morgan fingerprint density at radius 3 is 2.43 bits per heavy atom. The summed E-state index contributed by atoms with van der Waals surface area (Å²) < 4.78 is 0. The fraction of sp³-hybridized carbons (Fsp3) is 0.684. The summed E-state index contributed by atoms with van der Waals surface area (Å²) in [5.74, 6) is 0.690. The van der Waals surface area contributed by atoms with Crippen molar-refractivity contribution in [3.63, 3.8) is 0 Å². The highest BCUT2D eigenvalue weighted by molar-refractivity contribution is 5.22. The first-order valence-corrected chi connectivity index (χ1v) is 8.41. The van der Waals surface area contributed by atoms with Crippen LogP contribution in [0.5, 0.6) is 0 Å². The molecule has 1 saturated carbocycles. The third-order valence-corrected chi connectivity index (χ3v) is 4.58. The van der Waals surface area contributed by atoms with E-state index in [1.807, 2.05) is 0 Å². The minimum Gasteiger partial charge on any atom is -0.313 e. The van der Waals surface area contributed by atoms with Crippen LogP contribution in [0.4, 0.5) is 0 Å². The highest BCUT2D eigenvalue weighted by Gasteiger charge is 2.28. The first kappa shape index (κ1) is 16.5. The third kappa shape index (κ3) is 5.12. The molecule has 2 unspecified atom stereocenters. The van der Waals surface area contributed by atoms with Gasteiger partial charge in [0.05, 0.1) is 0 Å². The van der Waals surface area contributed by atoms with Gasteiger partial charge in [0.15, 0.2) is 0 Å². The van der Waals surface area contributed by atoms with E-state index in [1.54, 1.807) is 0 Å². The van der Waals surface area contributed by atoms with Crippen molar-refractivity contribution in [1.29, 1.82) is 0 Å². The van der Waals surface area contributed by atoms with E-state index in [1.165, 1.54) is 31.2 Å². The molecule has 1 aliphatic carbocycles. The first-order valence-electron chi connectivity index (χ1n) is 8.41. The van der Waals surface area contributed by atoms with Crippen molar-refractivity contribution < 1.29 is 0 Å². The summed E-state index contributed by atoms with van der Waals surface area (Å²) in [5, 5.41) is 3.89. The average molecular weight is 288 g/mol. The highest BCUT2D eigenvalue weighted by atomic mass is 15.1. The van der Waals surface area contributed by atoms with Crippen LogP contribution in [0, 0.1) is 5.41 Å². The van der Waals surface area contributed by atoms with Crippen molar-refractivity contribution in [2.45, 2.75) is 51.5 Å². The Kier molecular flexibility index (Phi) is 5.83. The summed E-state index contributed by atoms with van der Waals surface area (Å²) in [4.78, 5) is 2.29. The predicted octanol–water partition coefficient (Wildman–Crippen LogP) is 3.89. The van der Waals surface area contributed by atoms with Crippen LogP contribution in [0.25, 0.3) is 0 Å². The van der Waals surface area contributed by atoms with Crippen LogP contribution in [-0.4, -0.2) is 38.1 Å². The van der Waals surface area contributed by atoms with Crippen molar-refractivity contribution in [1.82, 2.24) is 10.2 Å². The monoisotopic (exact) mass is 288 g/mol. The van der Waals surface area contributed by atoms with Crippen molar-refractivity contribution in [2.24, 2.45) is 5.41 Å². The van der Waals surface area contributed by atoms with E-state index in [0.29, 0.717) is 17.4 Å². The van der Waals surface area contributed by atoms with Gasteiger partial charge in [0.2, 0.25) is 0 Å². The molecule has 0 heterocycles. The molecule has 21 heavy (non-hydrogen) atoms. The summed E-state index contributed by atoms with van der Waals surface area (Å²) in [6.07, 6.45) is 5.39. The Hall–Kier alpha value is -0.860. The average Bonchev–Trinajstić information content (AvgIpc) is 2.45. The molecule has 2 heteroatoms. The molecule has 2 rings (SSSR count). The van der Waals surface area contributed by atoms with Gasteiger partial charge in [0.25, 0.3) is 0 Å². The fourth-order valence-corrected chi connectivity index (χ4v) is 3.79. The topological polar surface area (TPSA) is 15.3 Å². The second-order valence-corrected chi connectivity index (χ2v) is 7.69. The van der Waals surface area contributed by atoms with Gasteiger partial charge in [-0.3, -0.25) is 0 Å². The van der Waals surface area contributed by atoms with Gasteiger partial charge >= 0.3 is 0 Å². The molecule has 1 fully saturated rings. The van der Waals surface area contributed by atoms with Crippen molar-refractivity contribution in [3.8, 4) is 0 Å². The molecule has 1 aromatic carbocycles. The van der Waals surface area contributed by atoms with Crippen molar-refractivity contribution in [2.75, 3.05) is 27.2 Å². The normalized spacial score (nSPS) is 23.5. The van der Waals surface area contributed by atoms with Crippen LogP contribution < -0.4 is 5.32 Å². The number of benzene rings is 1. The van der Waals surface area contributed by atoms with Gasteiger partial charge in [-0.05, 0) is 43.8 Å². The maximum Gasteiger partial charge on any atom is 0.0136 e. The minimum atomic E-state index is 0.322. The van der Waals surface area contributed by atoms with E-state index in [9.17, 15) is 0 Å². The molecular formula is C19H32N2. The van der Waals surface area contributed by atoms with Gasteiger partial charge in [0, 0.05) is 19.1 Å². The largest absolute Gasteiger partial charge is 0.313 e. The summed E-state index contributed by atoms with van der Waals surface area (Å²) in [7, 11) is 4.32. The lowest BCUT2D eigenvalue weighted by Gasteiger charge is -2.36. The Balaban J connectivity index is 1.96. The lowest BCUT2D eigenvalue weighted by atomic mass is 9.79. The van der Waals surface area contributed by atoms with E-state index >= 15 is 0 Å². The van der Waals surface area contributed by atoms with Crippen LogP contribution in [-0.2, 0) is 0 Å². The zero-order valence-electron chi connectivity index (χ0n) is 14.2. The molecule has 0 saturated heterocycles. The fourth-order valence-electron chi connectivity index (χ4n) is 3.79. The quantitative estimate of drug-likeness (QED) is 0.854. The Morgan fingerprint density at radius 2 is 1.76 bits per heavy atom. The second kappa shape index (κ2) is 7.42. The number of rotatable bonds is 6. The summed E-state index contributed by atoms with van der Waals surface area (Å²) in [6.45, 7) is 6.95. The predicted molar refractivity (Wildman–Crippen MR) is 91.8 cm³/mol. The molecule has 0 radical (unpaired) electrons. The zero-order chi connectivity index (χ0) is 15.3. The van der Waals surface area contributed by atoms with E-state index in [2.05, 4.69) is 68.5 Å². The maximum atomic E-state index is 3.89. The van der Waals surface area contributed by atoms with Crippen molar-refractivity contribution >= 4 is 0 Å². The maximum absolute atomic E-state index is 3.89. The number of hydrogen-bond acceptors (Lipinski definition) is 2. The van der Waals surface area contributed by atoms with Crippen LogP contribution in [0.2, 0.25) is 0 Å². The summed E-state index contributed by atoms with van der Waals surface area (Å²) in [6, 6.07) is 11.7. The Labute approximate surface area is 130 Å². The molecule has 0 bridgehead atoms. The van der Waals surface area contributed by atoms with Gasteiger partial charge in [-0.25, -0.2) is 0 Å². The van der Waals surface area contributed by atoms with Crippen molar-refractivity contribution in [3.05, 3.63) is 35.9 Å². The van der Waals surface area contributed by atoms with E-state index in [4.69, 9.17) is 0 Å². The SMILES string of the molecule is CN(C)CC(C)(C)CNC1CCCCC1c1ccccc1. The van der Waals surface area contributed by atoms with Crippen LogP contribution in [0.3, 0.4) is 0 Å². The molecule has 2 nitrogen and oxygen atoms in total. The van der Waals surface area contributed by atoms with Gasteiger partial charge in [0.1, 0.15) is 0 Å². The molecule has 0 aliphatic heterocycles. The molecule has 1 aliphatic rings. The highest BCUT2D eigenvalue weighted by Crippen LogP contribution is 2.33. The van der Waals surface area contributed by atoms with Gasteiger partial charge < -0.3 is 10.2 Å². The van der Waals surface area contributed by atoms with E-state index in [-0.39, 0.29) is 0 Å². The molecule has 0 amide bonds. The molecule has 2 atom stereocenters. The second-order valence-electron chi connectivity index (χ2n) is 7.69. The smallest absolute Gasteiger partial charge is 0.0136 e. The van der Waals surface area contributed by atoms with Gasteiger partial charge in [-0.1, -0.05) is 57.0 Å². The van der Waals surface area contributed by atoms with Crippen LogP contribution in [0.1, 0.15) is 51.0 Å². The van der Waals surface area contributed by atoms with Gasteiger partial charge in [-0.2, -0.15) is 0 Å². The Bertz CT molecular complexity index is 411. The standard InChI is InChI=1S/C19H32N2/c1-19(2,15-21(3)4)14-20-18-13-9-8-12-17(18)16-10-6-5-7-11-16/h5-7,10-11,17-18,20H,8-9,12-15H2,1-4H3. The molecule has 1 N–H and O–H groups in total. The third-order valence-electron chi connectivity index (χ3n) is 4.58. The zero-order valence-corrected chi connectivity index (χ0v) is 14.2. The van der Waals surface area contributed by atoms with E-state index in [0.717, 1.165) is 13.1 Å². The van der Waals surface area contributed by atoms with Gasteiger partial charge in [-0.15, -0.1) is 0 Å². The summed E-state index contributed by atoms with van der Waals surface area (Å²) in [5.41, 5.74) is 1.84. The molecule has 0 aromatic heterocycles. The summed E-state index contributed by atoms with van der Waals surface area (Å²) >= 11 is 0. The van der Waals surface area contributed by atoms with Crippen LogP contribution >= 0.6 is 0 Å². The lowest BCUT2D eigenvalue weighted by molar-refractivity contribution is 0.210. The minimum absolute atomic E-state index is 0.322. The molecule has 1 aromatic rings. The van der Waals surface area contributed by atoms with Crippen LogP contribution in [0.15, 0.2) is 30.3 Å². The lowest BCUT2D eigenvalue weighted by Crippen LogP contribution is -2.44. The number of hydrogen-bond donors (Lipinski definition) is 1. The number of nitrogens with zero attached hydrogens (tertiary/aromatic N) is 1. The number of nitrogens with one attached hydrogen (secondary N) is 1. The Morgan fingerprint density at radius 1 is 1.10 bits per heavy atom. The first-order chi connectivity index (χ1) is 9.98. The molecule has 118 valence electrons.